The predicted molar refractivity (Wildman–Crippen MR) is 108 cm³/mol. The molecular formula is C23H25N3O2. The third-order valence-corrected chi connectivity index (χ3v) is 5.07. The van der Waals surface area contributed by atoms with Gasteiger partial charge in [-0.05, 0) is 44.5 Å². The van der Waals surface area contributed by atoms with Gasteiger partial charge in [-0.15, -0.1) is 0 Å². The summed E-state index contributed by atoms with van der Waals surface area (Å²) < 4.78 is 8.10. The Balaban J connectivity index is 1.51. The van der Waals surface area contributed by atoms with Gasteiger partial charge >= 0.3 is 0 Å². The summed E-state index contributed by atoms with van der Waals surface area (Å²) >= 11 is 0. The number of hydrogen-bond acceptors (Lipinski definition) is 3. The lowest BCUT2D eigenvalue weighted by atomic mass is 9.88. The van der Waals surface area contributed by atoms with Gasteiger partial charge in [-0.2, -0.15) is 0 Å². The van der Waals surface area contributed by atoms with Crippen molar-refractivity contribution >= 4 is 5.91 Å². The molecule has 3 aromatic rings. The van der Waals surface area contributed by atoms with E-state index < -0.39 is 0 Å². The molecule has 2 aromatic carbocycles. The Hall–Kier alpha value is -3.08. The summed E-state index contributed by atoms with van der Waals surface area (Å²) in [6, 6.07) is 13.8. The summed E-state index contributed by atoms with van der Waals surface area (Å²) in [6.45, 7) is 6.90. The van der Waals surface area contributed by atoms with E-state index in [1.807, 2.05) is 47.2 Å². The zero-order chi connectivity index (χ0) is 19.7. The molecule has 0 saturated heterocycles. The zero-order valence-electron chi connectivity index (χ0n) is 16.5. The van der Waals surface area contributed by atoms with Crippen molar-refractivity contribution < 1.29 is 9.53 Å². The van der Waals surface area contributed by atoms with Crippen LogP contribution in [0.1, 0.15) is 53.4 Å². The Kier molecular flexibility index (Phi) is 4.67. The smallest absolute Gasteiger partial charge is 0.251 e. The maximum Gasteiger partial charge on any atom is 0.251 e. The molecule has 1 N–H and O–H groups in total. The van der Waals surface area contributed by atoms with Gasteiger partial charge in [0.25, 0.3) is 5.91 Å². The van der Waals surface area contributed by atoms with Crippen molar-refractivity contribution in [3.05, 3.63) is 83.4 Å². The molecule has 0 bridgehead atoms. The van der Waals surface area contributed by atoms with Crippen LogP contribution in [0.4, 0.5) is 0 Å². The first kappa shape index (κ1) is 18.3. The lowest BCUT2D eigenvalue weighted by Gasteiger charge is -2.38. The van der Waals surface area contributed by atoms with E-state index in [1.54, 1.807) is 12.5 Å². The van der Waals surface area contributed by atoms with Gasteiger partial charge in [-0.1, -0.05) is 29.8 Å². The molecule has 5 heteroatoms. The van der Waals surface area contributed by atoms with Crippen molar-refractivity contribution in [2.45, 2.75) is 45.4 Å². The van der Waals surface area contributed by atoms with Crippen LogP contribution in [0.25, 0.3) is 0 Å². The molecule has 28 heavy (non-hydrogen) atoms. The molecule has 4 rings (SSSR count). The van der Waals surface area contributed by atoms with Gasteiger partial charge in [0, 0.05) is 36.5 Å². The highest BCUT2D eigenvalue weighted by Gasteiger charge is 2.34. The van der Waals surface area contributed by atoms with Crippen LogP contribution in [0.2, 0.25) is 0 Å². The number of hydrogen-bond donors (Lipinski definition) is 1. The first-order valence-corrected chi connectivity index (χ1v) is 9.55. The maximum atomic E-state index is 12.9. The van der Waals surface area contributed by atoms with Gasteiger partial charge in [-0.3, -0.25) is 4.79 Å². The number of fused-ring (bicyclic) bond motifs is 1. The summed E-state index contributed by atoms with van der Waals surface area (Å²) in [5.41, 5.74) is 3.67. The number of rotatable bonds is 4. The monoisotopic (exact) mass is 375 g/mol. The second kappa shape index (κ2) is 7.15. The second-order valence-corrected chi connectivity index (χ2v) is 8.07. The summed E-state index contributed by atoms with van der Waals surface area (Å²) in [4.78, 5) is 16.9. The Morgan fingerprint density at radius 1 is 1.25 bits per heavy atom. The number of nitrogens with zero attached hydrogens (tertiary/aromatic N) is 2. The molecule has 1 aliphatic rings. The highest BCUT2D eigenvalue weighted by Crippen LogP contribution is 2.40. The molecule has 1 aliphatic heterocycles. The first-order valence-electron chi connectivity index (χ1n) is 9.55. The Morgan fingerprint density at radius 2 is 2.04 bits per heavy atom. The molecule has 0 saturated carbocycles. The molecule has 0 unspecified atom stereocenters. The fourth-order valence-corrected chi connectivity index (χ4v) is 3.70. The first-order chi connectivity index (χ1) is 13.4. The molecular weight excluding hydrogens is 350 g/mol. The number of carbonyl (C=O) groups is 1. The molecule has 0 spiro atoms. The van der Waals surface area contributed by atoms with Crippen molar-refractivity contribution in [1.29, 1.82) is 0 Å². The fraction of sp³-hybridized carbons (Fsp3) is 0.304. The standard InChI is InChI=1S/C23H25N3O2/c1-16-4-9-21-19(12-16)20(13-23(2,3)28-21)25-22(27)18-7-5-17(6-8-18)14-26-11-10-24-15-26/h4-12,15,20H,13-14H2,1-3H3,(H,25,27)/t20-/m1/s1. The number of carbonyl (C=O) groups excluding carboxylic acids is 1. The highest BCUT2D eigenvalue weighted by molar-refractivity contribution is 5.94. The quantitative estimate of drug-likeness (QED) is 0.741. The summed E-state index contributed by atoms with van der Waals surface area (Å²) in [7, 11) is 0. The van der Waals surface area contributed by atoms with E-state index in [4.69, 9.17) is 4.74 Å². The van der Waals surface area contributed by atoms with Crippen LogP contribution in [0.15, 0.2) is 61.2 Å². The minimum atomic E-state index is -0.325. The molecule has 0 aliphatic carbocycles. The lowest BCUT2D eigenvalue weighted by Crippen LogP contribution is -2.41. The predicted octanol–water partition coefficient (Wildman–Crippen LogP) is 4.27. The molecule has 1 atom stereocenters. The maximum absolute atomic E-state index is 12.9. The number of nitrogens with one attached hydrogen (secondary N) is 1. The largest absolute Gasteiger partial charge is 0.487 e. The number of benzene rings is 2. The minimum absolute atomic E-state index is 0.0654. The normalized spacial score (nSPS) is 17.5. The van der Waals surface area contributed by atoms with Gasteiger partial charge in [0.2, 0.25) is 0 Å². The lowest BCUT2D eigenvalue weighted by molar-refractivity contribution is 0.0619. The van der Waals surface area contributed by atoms with Crippen LogP contribution in [0.5, 0.6) is 5.75 Å². The van der Waals surface area contributed by atoms with Crippen LogP contribution >= 0.6 is 0 Å². The van der Waals surface area contributed by atoms with Crippen LogP contribution in [-0.4, -0.2) is 21.1 Å². The Labute approximate surface area is 165 Å². The molecule has 0 radical (unpaired) electrons. The van der Waals surface area contributed by atoms with E-state index >= 15 is 0 Å². The summed E-state index contributed by atoms with van der Waals surface area (Å²) in [5.74, 6) is 0.784. The van der Waals surface area contributed by atoms with Gasteiger partial charge < -0.3 is 14.6 Å². The molecule has 2 heterocycles. The number of aryl methyl sites for hydroxylation is 1. The Bertz CT molecular complexity index is 976. The summed E-state index contributed by atoms with van der Waals surface area (Å²) in [5, 5.41) is 3.21. The van der Waals surface area contributed by atoms with Gasteiger partial charge in [0.1, 0.15) is 11.4 Å². The average molecular weight is 375 g/mol. The van der Waals surface area contributed by atoms with Crippen molar-refractivity contribution in [3.63, 3.8) is 0 Å². The van der Waals surface area contributed by atoms with Gasteiger partial charge in [0.15, 0.2) is 0 Å². The molecule has 5 nitrogen and oxygen atoms in total. The second-order valence-electron chi connectivity index (χ2n) is 8.07. The number of ether oxygens (including phenoxy) is 1. The van der Waals surface area contributed by atoms with Gasteiger partial charge in [0.05, 0.1) is 12.4 Å². The van der Waals surface area contributed by atoms with Crippen molar-refractivity contribution in [1.82, 2.24) is 14.9 Å². The fourth-order valence-electron chi connectivity index (χ4n) is 3.70. The van der Waals surface area contributed by atoms with Crippen LogP contribution in [0.3, 0.4) is 0 Å². The number of aromatic nitrogens is 2. The van der Waals surface area contributed by atoms with Crippen LogP contribution < -0.4 is 10.1 Å². The van der Waals surface area contributed by atoms with Crippen molar-refractivity contribution in [2.75, 3.05) is 0 Å². The van der Waals surface area contributed by atoms with E-state index in [1.165, 1.54) is 0 Å². The van der Waals surface area contributed by atoms with E-state index in [2.05, 4.69) is 37.1 Å². The average Bonchev–Trinajstić information content (AvgIpc) is 3.15. The topological polar surface area (TPSA) is 56.2 Å². The number of amides is 1. The zero-order valence-corrected chi connectivity index (χ0v) is 16.5. The van der Waals surface area contributed by atoms with Crippen molar-refractivity contribution in [2.24, 2.45) is 0 Å². The third kappa shape index (κ3) is 3.93. The molecule has 0 fully saturated rings. The molecule has 144 valence electrons. The third-order valence-electron chi connectivity index (χ3n) is 5.07. The van der Waals surface area contributed by atoms with E-state index in [-0.39, 0.29) is 17.6 Å². The van der Waals surface area contributed by atoms with E-state index in [0.29, 0.717) is 5.56 Å². The number of imidazole rings is 1. The van der Waals surface area contributed by atoms with E-state index in [0.717, 1.165) is 35.4 Å². The van der Waals surface area contributed by atoms with Crippen LogP contribution in [0, 0.1) is 6.92 Å². The Morgan fingerprint density at radius 3 is 2.75 bits per heavy atom. The van der Waals surface area contributed by atoms with Crippen molar-refractivity contribution in [3.8, 4) is 5.75 Å². The van der Waals surface area contributed by atoms with Gasteiger partial charge in [-0.25, -0.2) is 4.98 Å². The minimum Gasteiger partial charge on any atom is -0.487 e. The SMILES string of the molecule is Cc1ccc2c(c1)[C@H](NC(=O)c1ccc(Cn3ccnc3)cc1)CC(C)(C)O2. The van der Waals surface area contributed by atoms with Crippen LogP contribution in [-0.2, 0) is 6.54 Å². The molecule has 1 aromatic heterocycles. The molecule has 1 amide bonds. The van der Waals surface area contributed by atoms with E-state index in [9.17, 15) is 4.79 Å². The summed E-state index contributed by atoms with van der Waals surface area (Å²) in [6.07, 6.45) is 6.20. The highest BCUT2D eigenvalue weighted by atomic mass is 16.5.